The van der Waals surface area contributed by atoms with Crippen LogP contribution in [0.5, 0.6) is 5.75 Å². The van der Waals surface area contributed by atoms with E-state index in [1.807, 2.05) is 6.92 Å². The fourth-order valence-corrected chi connectivity index (χ4v) is 3.30. The van der Waals surface area contributed by atoms with Crippen LogP contribution in [-0.2, 0) is 0 Å². The van der Waals surface area contributed by atoms with Crippen LogP contribution >= 0.6 is 0 Å². The van der Waals surface area contributed by atoms with Crippen LogP contribution in [0.3, 0.4) is 0 Å². The lowest BCUT2D eigenvalue weighted by atomic mass is 9.89. The Morgan fingerprint density at radius 2 is 1.92 bits per heavy atom. The molecule has 2 aromatic carbocycles. The summed E-state index contributed by atoms with van der Waals surface area (Å²) >= 11 is 0. The minimum atomic E-state index is -0.435. The number of carbonyl (C=O) groups is 2. The molecule has 5 heteroatoms. The molecule has 3 rings (SSSR count). The van der Waals surface area contributed by atoms with Gasteiger partial charge in [-0.15, -0.1) is 0 Å². The molecule has 4 nitrogen and oxygen atoms in total. The largest absolute Gasteiger partial charge is 0.494 e. The number of benzene rings is 2. The zero-order valence-corrected chi connectivity index (χ0v) is 14.8. The number of amides is 1. The first-order valence-corrected chi connectivity index (χ1v) is 8.90. The lowest BCUT2D eigenvalue weighted by Gasteiger charge is -2.32. The van der Waals surface area contributed by atoms with E-state index in [2.05, 4.69) is 0 Å². The van der Waals surface area contributed by atoms with Crippen LogP contribution in [0.2, 0.25) is 0 Å². The molecule has 1 unspecified atom stereocenters. The second-order valence-corrected chi connectivity index (χ2v) is 6.42. The van der Waals surface area contributed by atoms with E-state index in [-0.39, 0.29) is 17.6 Å². The molecule has 0 spiro atoms. The van der Waals surface area contributed by atoms with Gasteiger partial charge in [0.2, 0.25) is 0 Å². The van der Waals surface area contributed by atoms with Gasteiger partial charge < -0.3 is 9.64 Å². The molecule has 26 heavy (non-hydrogen) atoms. The summed E-state index contributed by atoms with van der Waals surface area (Å²) in [5.41, 5.74) is 0.942. The number of piperidine rings is 1. The van der Waals surface area contributed by atoms with E-state index in [0.29, 0.717) is 30.8 Å². The van der Waals surface area contributed by atoms with Gasteiger partial charge in [-0.2, -0.15) is 0 Å². The van der Waals surface area contributed by atoms with Crippen molar-refractivity contribution in [3.8, 4) is 5.75 Å². The number of hydrogen-bond acceptors (Lipinski definition) is 3. The number of rotatable bonds is 5. The summed E-state index contributed by atoms with van der Waals surface area (Å²) in [6.07, 6.45) is 1.51. The van der Waals surface area contributed by atoms with Crippen LogP contribution in [0.1, 0.15) is 40.5 Å². The van der Waals surface area contributed by atoms with Gasteiger partial charge in [0.25, 0.3) is 5.91 Å². The Kier molecular flexibility index (Phi) is 5.66. The highest BCUT2D eigenvalue weighted by molar-refractivity contribution is 5.99. The van der Waals surface area contributed by atoms with Crippen LogP contribution < -0.4 is 4.74 Å². The number of carbonyl (C=O) groups excluding carboxylic acids is 2. The quantitative estimate of drug-likeness (QED) is 0.763. The number of Topliss-reactive ketones (excluding diaryl/α,β-unsaturated/α-hetero) is 1. The molecular formula is C21H22FNO3. The number of likely N-dealkylation sites (tertiary alicyclic amines) is 1. The molecule has 0 N–H and O–H groups in total. The summed E-state index contributed by atoms with van der Waals surface area (Å²) in [6, 6.07) is 12.8. The highest BCUT2D eigenvalue weighted by atomic mass is 19.1. The van der Waals surface area contributed by atoms with Gasteiger partial charge in [-0.25, -0.2) is 4.39 Å². The third kappa shape index (κ3) is 4.10. The minimum absolute atomic E-state index is 0.0322. The predicted molar refractivity (Wildman–Crippen MR) is 97.0 cm³/mol. The average molecular weight is 355 g/mol. The van der Waals surface area contributed by atoms with Crippen molar-refractivity contribution in [3.63, 3.8) is 0 Å². The number of nitrogens with zero attached hydrogens (tertiary/aromatic N) is 1. The number of hydrogen-bond donors (Lipinski definition) is 0. The van der Waals surface area contributed by atoms with E-state index in [1.54, 1.807) is 35.2 Å². The van der Waals surface area contributed by atoms with Crippen molar-refractivity contribution in [1.29, 1.82) is 0 Å². The van der Waals surface area contributed by atoms with E-state index >= 15 is 0 Å². The Balaban J connectivity index is 1.69. The van der Waals surface area contributed by atoms with Crippen molar-refractivity contribution in [2.24, 2.45) is 5.92 Å². The maximum absolute atomic E-state index is 13.4. The standard InChI is InChI=1S/C21H22FNO3/c1-2-26-19-10-8-15(9-11-19)20(24)17-6-4-12-23(14-17)21(25)16-5-3-7-18(22)13-16/h3,5,7-11,13,17H,2,4,6,12,14H2,1H3. The first-order chi connectivity index (χ1) is 12.6. The average Bonchev–Trinajstić information content (AvgIpc) is 2.68. The smallest absolute Gasteiger partial charge is 0.253 e. The molecule has 1 saturated heterocycles. The topological polar surface area (TPSA) is 46.6 Å². The summed E-state index contributed by atoms with van der Waals surface area (Å²) < 4.78 is 18.8. The Morgan fingerprint density at radius 3 is 2.62 bits per heavy atom. The van der Waals surface area contributed by atoms with Crippen molar-refractivity contribution in [2.45, 2.75) is 19.8 Å². The second-order valence-electron chi connectivity index (χ2n) is 6.42. The minimum Gasteiger partial charge on any atom is -0.494 e. The fraction of sp³-hybridized carbons (Fsp3) is 0.333. The Hall–Kier alpha value is -2.69. The molecule has 1 atom stereocenters. The molecule has 0 radical (unpaired) electrons. The van der Waals surface area contributed by atoms with E-state index < -0.39 is 5.82 Å². The molecule has 1 aliphatic rings. The van der Waals surface area contributed by atoms with Crippen molar-refractivity contribution in [3.05, 3.63) is 65.5 Å². The molecule has 1 heterocycles. The maximum atomic E-state index is 13.4. The second kappa shape index (κ2) is 8.13. The number of ether oxygens (including phenoxy) is 1. The fourth-order valence-electron chi connectivity index (χ4n) is 3.30. The summed E-state index contributed by atoms with van der Waals surface area (Å²) in [5, 5.41) is 0. The summed E-state index contributed by atoms with van der Waals surface area (Å²) in [6.45, 7) is 3.43. The van der Waals surface area contributed by atoms with Gasteiger partial charge in [-0.1, -0.05) is 6.07 Å². The molecule has 0 aliphatic carbocycles. The maximum Gasteiger partial charge on any atom is 0.253 e. The Bertz CT molecular complexity index is 788. The van der Waals surface area contributed by atoms with Gasteiger partial charge in [-0.05, 0) is 62.2 Å². The van der Waals surface area contributed by atoms with Gasteiger partial charge in [0.15, 0.2) is 5.78 Å². The van der Waals surface area contributed by atoms with E-state index in [0.717, 1.165) is 18.6 Å². The lowest BCUT2D eigenvalue weighted by molar-refractivity contribution is 0.0636. The van der Waals surface area contributed by atoms with Crippen LogP contribution in [0, 0.1) is 11.7 Å². The van der Waals surface area contributed by atoms with Crippen molar-refractivity contribution < 1.29 is 18.7 Å². The van der Waals surface area contributed by atoms with E-state index in [9.17, 15) is 14.0 Å². The van der Waals surface area contributed by atoms with Crippen molar-refractivity contribution in [2.75, 3.05) is 19.7 Å². The van der Waals surface area contributed by atoms with Crippen molar-refractivity contribution >= 4 is 11.7 Å². The summed E-state index contributed by atoms with van der Waals surface area (Å²) in [7, 11) is 0. The van der Waals surface area contributed by atoms with Crippen LogP contribution in [0.15, 0.2) is 48.5 Å². The monoisotopic (exact) mass is 355 g/mol. The van der Waals surface area contributed by atoms with E-state index in [4.69, 9.17) is 4.74 Å². The molecule has 0 aromatic heterocycles. The van der Waals surface area contributed by atoms with Crippen LogP contribution in [0.25, 0.3) is 0 Å². The molecule has 1 amide bonds. The lowest BCUT2D eigenvalue weighted by Crippen LogP contribution is -2.42. The van der Waals surface area contributed by atoms with Gasteiger partial charge >= 0.3 is 0 Å². The molecular weight excluding hydrogens is 333 g/mol. The Morgan fingerprint density at radius 1 is 1.15 bits per heavy atom. The molecule has 1 fully saturated rings. The number of halogens is 1. The van der Waals surface area contributed by atoms with Crippen LogP contribution in [-0.4, -0.2) is 36.3 Å². The Labute approximate surface area is 152 Å². The van der Waals surface area contributed by atoms with Gasteiger partial charge in [-0.3, -0.25) is 9.59 Å². The summed E-state index contributed by atoms with van der Waals surface area (Å²) in [4.78, 5) is 27.0. The SMILES string of the molecule is CCOc1ccc(C(=O)C2CCCN(C(=O)c3cccc(F)c3)C2)cc1. The van der Waals surface area contributed by atoms with Crippen molar-refractivity contribution in [1.82, 2.24) is 4.90 Å². The zero-order valence-electron chi connectivity index (χ0n) is 14.8. The highest BCUT2D eigenvalue weighted by Crippen LogP contribution is 2.23. The van der Waals surface area contributed by atoms with Gasteiger partial charge in [0.1, 0.15) is 11.6 Å². The first-order valence-electron chi connectivity index (χ1n) is 8.90. The number of ketones is 1. The third-order valence-electron chi connectivity index (χ3n) is 4.60. The normalized spacial score (nSPS) is 17.0. The molecule has 0 bridgehead atoms. The zero-order chi connectivity index (χ0) is 18.5. The van der Waals surface area contributed by atoms with E-state index in [1.165, 1.54) is 18.2 Å². The van der Waals surface area contributed by atoms with Crippen LogP contribution in [0.4, 0.5) is 4.39 Å². The molecule has 136 valence electrons. The predicted octanol–water partition coefficient (Wildman–Crippen LogP) is 3.96. The molecule has 2 aromatic rings. The van der Waals surface area contributed by atoms with Gasteiger partial charge in [0.05, 0.1) is 6.61 Å². The summed E-state index contributed by atoms with van der Waals surface area (Å²) in [5.74, 6) is -0.136. The third-order valence-corrected chi connectivity index (χ3v) is 4.60. The van der Waals surface area contributed by atoms with Gasteiger partial charge in [0, 0.05) is 30.1 Å². The highest BCUT2D eigenvalue weighted by Gasteiger charge is 2.29. The molecule has 1 aliphatic heterocycles. The molecule has 0 saturated carbocycles. The first kappa shape index (κ1) is 18.1.